The summed E-state index contributed by atoms with van der Waals surface area (Å²) in [5.74, 6) is 0.106. The molecule has 0 spiro atoms. The summed E-state index contributed by atoms with van der Waals surface area (Å²) >= 11 is 1.52. The van der Waals surface area contributed by atoms with Crippen LogP contribution in [0, 0.1) is 19.8 Å². The second-order valence-electron chi connectivity index (χ2n) is 6.67. The van der Waals surface area contributed by atoms with Gasteiger partial charge in [0.2, 0.25) is 5.91 Å². The summed E-state index contributed by atoms with van der Waals surface area (Å²) < 4.78 is 0. The van der Waals surface area contributed by atoms with Crippen molar-refractivity contribution in [2.75, 3.05) is 5.32 Å². The molecule has 0 radical (unpaired) electrons. The highest BCUT2D eigenvalue weighted by Gasteiger charge is 2.25. The number of carbonyl (C=O) groups is 1. The van der Waals surface area contributed by atoms with Gasteiger partial charge in [-0.2, -0.15) is 0 Å². The Bertz CT molecular complexity index is 727. The highest BCUT2D eigenvalue weighted by atomic mass is 32.2. The maximum Gasteiger partial charge on any atom is 0.227 e. The first kappa shape index (κ1) is 17.9. The highest BCUT2D eigenvalue weighted by Crippen LogP contribution is 2.27. The van der Waals surface area contributed by atoms with Gasteiger partial charge in [0.25, 0.3) is 0 Å². The summed E-state index contributed by atoms with van der Waals surface area (Å²) in [5.41, 5.74) is 8.72. The van der Waals surface area contributed by atoms with Gasteiger partial charge in [0.1, 0.15) is 0 Å². The number of hydrogen-bond donors (Lipinski definition) is 2. The van der Waals surface area contributed by atoms with Crippen LogP contribution < -0.4 is 11.1 Å². The first-order valence-electron chi connectivity index (χ1n) is 8.66. The van der Waals surface area contributed by atoms with Crippen LogP contribution in [0.3, 0.4) is 0 Å². The van der Waals surface area contributed by atoms with Gasteiger partial charge in [-0.3, -0.25) is 4.79 Å². The second kappa shape index (κ2) is 7.97. The zero-order valence-corrected chi connectivity index (χ0v) is 15.5. The largest absolute Gasteiger partial charge is 0.328 e. The van der Waals surface area contributed by atoms with E-state index >= 15 is 0 Å². The molecule has 1 heterocycles. The Morgan fingerprint density at radius 1 is 1.16 bits per heavy atom. The molecule has 1 aliphatic carbocycles. The standard InChI is InChI=1S/C19H24N4OS/c1-12-10-13(2)22-19(21-12)25-17-8-6-16(7-9-17)23-18(24)14-4-3-5-15(20)11-14/h6-10,14-15H,3-5,11,20H2,1-2H3,(H,23,24). The molecule has 5 nitrogen and oxygen atoms in total. The Kier molecular flexibility index (Phi) is 5.71. The summed E-state index contributed by atoms with van der Waals surface area (Å²) in [7, 11) is 0. The molecule has 2 aromatic rings. The van der Waals surface area contributed by atoms with Crippen LogP contribution >= 0.6 is 11.8 Å². The molecule has 6 heteroatoms. The van der Waals surface area contributed by atoms with Crippen LogP contribution in [0.4, 0.5) is 5.69 Å². The van der Waals surface area contributed by atoms with E-state index in [0.29, 0.717) is 0 Å². The molecular weight excluding hydrogens is 332 g/mol. The van der Waals surface area contributed by atoms with Crippen molar-refractivity contribution in [2.45, 2.75) is 55.6 Å². The van der Waals surface area contributed by atoms with E-state index in [4.69, 9.17) is 5.73 Å². The Hall–Kier alpha value is -1.92. The van der Waals surface area contributed by atoms with E-state index in [-0.39, 0.29) is 17.9 Å². The minimum atomic E-state index is 0.0291. The van der Waals surface area contributed by atoms with Gasteiger partial charge in [-0.05, 0) is 75.2 Å². The summed E-state index contributed by atoms with van der Waals surface area (Å²) in [5, 5.41) is 3.75. The lowest BCUT2D eigenvalue weighted by Gasteiger charge is -2.25. The van der Waals surface area contributed by atoms with Crippen LogP contribution in [-0.2, 0) is 4.79 Å². The number of aromatic nitrogens is 2. The van der Waals surface area contributed by atoms with Gasteiger partial charge in [0.05, 0.1) is 0 Å². The average molecular weight is 356 g/mol. The SMILES string of the molecule is Cc1cc(C)nc(Sc2ccc(NC(=O)C3CCCC(N)C3)cc2)n1. The van der Waals surface area contributed by atoms with Crippen molar-refractivity contribution in [3.8, 4) is 0 Å². The molecule has 0 saturated heterocycles. The van der Waals surface area contributed by atoms with E-state index in [9.17, 15) is 4.79 Å². The quantitative estimate of drug-likeness (QED) is 0.817. The molecule has 1 saturated carbocycles. The molecule has 0 bridgehead atoms. The zero-order chi connectivity index (χ0) is 17.8. The van der Waals surface area contributed by atoms with Gasteiger partial charge in [0, 0.05) is 33.9 Å². The van der Waals surface area contributed by atoms with Crippen LogP contribution in [0.1, 0.15) is 37.1 Å². The second-order valence-corrected chi connectivity index (χ2v) is 7.71. The smallest absolute Gasteiger partial charge is 0.227 e. The fraction of sp³-hybridized carbons (Fsp3) is 0.421. The van der Waals surface area contributed by atoms with E-state index in [1.54, 1.807) is 0 Å². The fourth-order valence-corrected chi connectivity index (χ4v) is 4.02. The van der Waals surface area contributed by atoms with Crippen molar-refractivity contribution in [1.29, 1.82) is 0 Å². The summed E-state index contributed by atoms with van der Waals surface area (Å²) in [6.07, 6.45) is 3.77. The minimum absolute atomic E-state index is 0.0291. The number of anilines is 1. The van der Waals surface area contributed by atoms with Crippen molar-refractivity contribution in [3.63, 3.8) is 0 Å². The molecule has 3 rings (SSSR count). The lowest BCUT2D eigenvalue weighted by Crippen LogP contribution is -2.34. The average Bonchev–Trinajstić information content (AvgIpc) is 2.56. The molecule has 1 amide bonds. The van der Waals surface area contributed by atoms with Crippen molar-refractivity contribution in [3.05, 3.63) is 41.7 Å². The van der Waals surface area contributed by atoms with E-state index < -0.39 is 0 Å². The molecule has 25 heavy (non-hydrogen) atoms. The van der Waals surface area contributed by atoms with Crippen molar-refractivity contribution in [2.24, 2.45) is 11.7 Å². The van der Waals surface area contributed by atoms with Crippen molar-refractivity contribution < 1.29 is 4.79 Å². The van der Waals surface area contributed by atoms with E-state index in [1.165, 1.54) is 11.8 Å². The summed E-state index contributed by atoms with van der Waals surface area (Å²) in [6.45, 7) is 3.93. The molecule has 1 aliphatic rings. The maximum absolute atomic E-state index is 12.4. The summed E-state index contributed by atoms with van der Waals surface area (Å²) in [6, 6.07) is 9.92. The van der Waals surface area contributed by atoms with Crippen molar-refractivity contribution in [1.82, 2.24) is 9.97 Å². The van der Waals surface area contributed by atoms with Crippen LogP contribution in [0.25, 0.3) is 0 Å². The molecule has 2 atom stereocenters. The van der Waals surface area contributed by atoms with E-state index in [1.807, 2.05) is 44.2 Å². The van der Waals surface area contributed by atoms with Gasteiger partial charge in [-0.15, -0.1) is 0 Å². The molecule has 2 unspecified atom stereocenters. The Morgan fingerprint density at radius 3 is 2.48 bits per heavy atom. The molecule has 1 aromatic carbocycles. The van der Waals surface area contributed by atoms with Crippen LogP contribution in [0.5, 0.6) is 0 Å². The number of benzene rings is 1. The number of carbonyl (C=O) groups excluding carboxylic acids is 1. The number of nitrogens with one attached hydrogen (secondary N) is 1. The number of hydrogen-bond acceptors (Lipinski definition) is 5. The molecule has 1 aromatic heterocycles. The first-order valence-corrected chi connectivity index (χ1v) is 9.48. The lowest BCUT2D eigenvalue weighted by atomic mass is 9.85. The number of amides is 1. The third-order valence-electron chi connectivity index (χ3n) is 4.38. The zero-order valence-electron chi connectivity index (χ0n) is 14.7. The van der Waals surface area contributed by atoms with Crippen LogP contribution in [0.15, 0.2) is 40.4 Å². The first-order chi connectivity index (χ1) is 12.0. The predicted molar refractivity (Wildman–Crippen MR) is 101 cm³/mol. The lowest BCUT2D eigenvalue weighted by molar-refractivity contribution is -0.120. The highest BCUT2D eigenvalue weighted by molar-refractivity contribution is 7.99. The Morgan fingerprint density at radius 2 is 1.84 bits per heavy atom. The van der Waals surface area contributed by atoms with Gasteiger partial charge < -0.3 is 11.1 Å². The number of aryl methyl sites for hydroxylation is 2. The Labute approximate surface area is 152 Å². The predicted octanol–water partition coefficient (Wildman–Crippen LogP) is 3.70. The normalized spacial score (nSPS) is 20.3. The number of nitrogens with zero attached hydrogens (tertiary/aromatic N) is 2. The van der Waals surface area contributed by atoms with Gasteiger partial charge in [-0.1, -0.05) is 6.42 Å². The van der Waals surface area contributed by atoms with Crippen molar-refractivity contribution >= 4 is 23.4 Å². The third kappa shape index (κ3) is 5.03. The van der Waals surface area contributed by atoms with Gasteiger partial charge in [-0.25, -0.2) is 9.97 Å². The maximum atomic E-state index is 12.4. The van der Waals surface area contributed by atoms with Crippen LogP contribution in [-0.4, -0.2) is 21.9 Å². The molecular formula is C19H24N4OS. The van der Waals surface area contributed by atoms with Gasteiger partial charge >= 0.3 is 0 Å². The monoisotopic (exact) mass is 356 g/mol. The molecule has 3 N–H and O–H groups in total. The number of rotatable bonds is 4. The fourth-order valence-electron chi connectivity index (χ4n) is 3.16. The van der Waals surface area contributed by atoms with E-state index in [0.717, 1.165) is 52.8 Å². The molecule has 0 aliphatic heterocycles. The van der Waals surface area contributed by atoms with Gasteiger partial charge in [0.15, 0.2) is 5.16 Å². The number of nitrogens with two attached hydrogens (primary N) is 1. The minimum Gasteiger partial charge on any atom is -0.328 e. The Balaban J connectivity index is 1.61. The molecule has 132 valence electrons. The third-order valence-corrected chi connectivity index (χ3v) is 5.25. The summed E-state index contributed by atoms with van der Waals surface area (Å²) in [4.78, 5) is 22.3. The topological polar surface area (TPSA) is 80.9 Å². The molecule has 1 fully saturated rings. The van der Waals surface area contributed by atoms with Crippen LogP contribution in [0.2, 0.25) is 0 Å². The van der Waals surface area contributed by atoms with E-state index in [2.05, 4.69) is 15.3 Å².